The van der Waals surface area contributed by atoms with Crippen molar-refractivity contribution in [2.24, 2.45) is 52.3 Å². The summed E-state index contributed by atoms with van der Waals surface area (Å²) >= 11 is 0. The number of aliphatic hydroxyl groups is 14. The van der Waals surface area contributed by atoms with Crippen LogP contribution in [0.4, 0.5) is 0 Å². The van der Waals surface area contributed by atoms with E-state index < -0.39 is 154 Å². The molecule has 0 aromatic rings. The molecule has 434 valence electrons. The number of hydrogen-bond donors (Lipinski definition) is 14. The van der Waals surface area contributed by atoms with Gasteiger partial charge < -0.3 is 114 Å². The van der Waals surface area contributed by atoms with Crippen LogP contribution in [0.5, 0.6) is 0 Å². The van der Waals surface area contributed by atoms with Crippen LogP contribution >= 0.6 is 0 Å². The number of hydrogen-bond acceptors (Lipinski definition) is 23. The first kappa shape index (κ1) is 58.7. The van der Waals surface area contributed by atoms with Crippen molar-refractivity contribution in [2.45, 2.75) is 239 Å². The number of rotatable bonds is 16. The second kappa shape index (κ2) is 23.1. The molecule has 0 unspecified atom stereocenters. The molecule has 0 spiro atoms. The van der Waals surface area contributed by atoms with Crippen molar-refractivity contribution in [1.82, 2.24) is 0 Å². The third-order valence-corrected chi connectivity index (χ3v) is 20.3. The molecule has 0 amide bonds. The second-order valence-corrected chi connectivity index (χ2v) is 24.6. The van der Waals surface area contributed by atoms with E-state index in [9.17, 15) is 71.5 Å². The predicted octanol–water partition coefficient (Wildman–Crippen LogP) is -2.88. The fourth-order valence-corrected chi connectivity index (χ4v) is 15.8. The highest BCUT2D eigenvalue weighted by molar-refractivity contribution is 5.15. The lowest BCUT2D eigenvalue weighted by Crippen LogP contribution is -2.67. The van der Waals surface area contributed by atoms with Crippen molar-refractivity contribution < 1.29 is 114 Å². The fourth-order valence-electron chi connectivity index (χ4n) is 15.8. The predicted molar refractivity (Wildman–Crippen MR) is 255 cm³/mol. The maximum Gasteiger partial charge on any atom is 0.187 e. The van der Waals surface area contributed by atoms with Gasteiger partial charge in [0.1, 0.15) is 97.7 Å². The summed E-state index contributed by atoms with van der Waals surface area (Å²) in [6.07, 6.45) is -22.3. The topological polar surface area (TPSA) is 366 Å². The molecule has 5 aliphatic heterocycles. The van der Waals surface area contributed by atoms with Gasteiger partial charge in [0.25, 0.3) is 0 Å². The average molecular weight is 1080 g/mol. The van der Waals surface area contributed by atoms with Gasteiger partial charge in [0.15, 0.2) is 24.7 Å². The van der Waals surface area contributed by atoms with Crippen molar-refractivity contribution in [2.75, 3.05) is 33.0 Å². The summed E-state index contributed by atoms with van der Waals surface area (Å²) < 4.78 is 55.0. The molecule has 4 aliphatic carbocycles. The van der Waals surface area contributed by atoms with Gasteiger partial charge in [-0.2, -0.15) is 0 Å². The van der Waals surface area contributed by atoms with Crippen molar-refractivity contribution in [3.63, 3.8) is 0 Å². The third-order valence-electron chi connectivity index (χ3n) is 20.3. The smallest absolute Gasteiger partial charge is 0.187 e. The Hall–Kier alpha value is -0.920. The highest BCUT2D eigenvalue weighted by atomic mass is 16.8. The molecule has 75 heavy (non-hydrogen) atoms. The molecule has 32 atom stereocenters. The van der Waals surface area contributed by atoms with E-state index in [1.165, 1.54) is 6.92 Å². The minimum absolute atomic E-state index is 0.0240. The van der Waals surface area contributed by atoms with Crippen LogP contribution in [0.1, 0.15) is 98.8 Å². The molecule has 23 heteroatoms. The Morgan fingerprint density at radius 2 is 1.13 bits per heavy atom. The molecule has 0 radical (unpaired) electrons. The summed E-state index contributed by atoms with van der Waals surface area (Å²) in [6, 6.07) is 0. The summed E-state index contributed by atoms with van der Waals surface area (Å²) in [4.78, 5) is 0. The van der Waals surface area contributed by atoms with Gasteiger partial charge in [-0.25, -0.2) is 0 Å². The van der Waals surface area contributed by atoms with Crippen LogP contribution in [0, 0.1) is 52.3 Å². The van der Waals surface area contributed by atoms with Crippen molar-refractivity contribution >= 4 is 0 Å². The van der Waals surface area contributed by atoms with E-state index in [2.05, 4.69) is 20.8 Å². The zero-order chi connectivity index (χ0) is 54.2. The van der Waals surface area contributed by atoms with Gasteiger partial charge >= 0.3 is 0 Å². The zero-order valence-corrected chi connectivity index (χ0v) is 43.8. The van der Waals surface area contributed by atoms with E-state index in [0.717, 1.165) is 38.5 Å². The maximum absolute atomic E-state index is 12.2. The summed E-state index contributed by atoms with van der Waals surface area (Å²) in [5.41, 5.74) is -0.0591. The first-order valence-corrected chi connectivity index (χ1v) is 27.7. The van der Waals surface area contributed by atoms with Gasteiger partial charge in [-0.3, -0.25) is 0 Å². The summed E-state index contributed by atoms with van der Waals surface area (Å²) in [6.45, 7) is 8.72. The molecule has 9 aliphatic rings. The largest absolute Gasteiger partial charge is 0.394 e. The van der Waals surface area contributed by atoms with E-state index >= 15 is 0 Å². The molecule has 5 heterocycles. The van der Waals surface area contributed by atoms with E-state index in [1.54, 1.807) is 0 Å². The molecule has 14 N–H and O–H groups in total. The van der Waals surface area contributed by atoms with E-state index in [0.29, 0.717) is 50.0 Å². The minimum Gasteiger partial charge on any atom is -0.394 e. The zero-order valence-electron chi connectivity index (χ0n) is 43.8. The highest BCUT2D eigenvalue weighted by Crippen LogP contribution is 2.71. The Bertz CT molecular complexity index is 1870. The second-order valence-electron chi connectivity index (χ2n) is 24.6. The summed E-state index contributed by atoms with van der Waals surface area (Å²) in [5.74, 6) is 0.356. The van der Waals surface area contributed by atoms with Crippen LogP contribution in [0.2, 0.25) is 0 Å². The Morgan fingerprint density at radius 3 is 1.81 bits per heavy atom. The lowest BCUT2D eigenvalue weighted by molar-refractivity contribution is -0.395. The SMILES string of the molecule is C[C@H](CC[C@@]1(O)O[C@H]2C[C@H]3[C@@H]4CC[C@H]5C[C@@H](O[C@@H]6O[C@H](CO)[C@@H](O)[C@H](O[C@@H]7O[C@@H](C)[C@H](O)[C@@H](O)[C@H]7O)[C@H]6O[C@@H]6O[C@H](CO)[C@@H](O)[C@H](O)[C@H]6O)CC[C@]5(C)[C@H]4CC[C@]3(C)[C@H]2[C@@H]1C)COC[C@@H]1O[C@H](CO)[C@@H](O)[C@H](O)[C@H]1O. The highest BCUT2D eigenvalue weighted by Gasteiger charge is 2.68. The van der Waals surface area contributed by atoms with Crippen LogP contribution in [-0.2, 0) is 42.6 Å². The van der Waals surface area contributed by atoms with Crippen LogP contribution in [-0.4, -0.2) is 245 Å². The average Bonchev–Trinajstić information content (AvgIpc) is 3.89. The molecule has 23 nitrogen and oxygen atoms in total. The van der Waals surface area contributed by atoms with Gasteiger partial charge in [0, 0.05) is 18.9 Å². The summed E-state index contributed by atoms with van der Waals surface area (Å²) in [5, 5.41) is 149. The van der Waals surface area contributed by atoms with Gasteiger partial charge in [-0.1, -0.05) is 27.7 Å². The van der Waals surface area contributed by atoms with Crippen LogP contribution in [0.25, 0.3) is 0 Å². The normalized spacial score (nSPS) is 55.4. The van der Waals surface area contributed by atoms with E-state index in [-0.39, 0.29) is 47.2 Å². The molecule has 4 saturated carbocycles. The van der Waals surface area contributed by atoms with Gasteiger partial charge in [-0.05, 0) is 111 Å². The van der Waals surface area contributed by atoms with E-state index in [1.807, 2.05) is 6.92 Å². The minimum atomic E-state index is -1.86. The standard InChI is InChI=1S/C52H88O23/c1-21(19-67-20-33-38(59)41(62)36(57)30(16-53)70-33)8-13-52(66)22(2)34-29(75-52)15-28-26-7-6-24-14-25(9-11-50(24,4)27(26)10-12-51(28,34)5)69-49-46(74-48-44(65)42(63)37(58)31(17-54)71-48)45(39(60)32(18-55)72-49)73-47-43(64)40(61)35(56)23(3)68-47/h21-49,53-66H,6-20H2,1-5H3/t21-,22+,23+,24+,25+,26-,27+,28+,29+,30-,31-,32-,33+,34+,35+,36-,37-,38+,39-,40-,41+,42+,43-,44-,45+,46-,47+,48+,49-,50+,51+,52-/m1/s1. The Balaban J connectivity index is 0.836. The van der Waals surface area contributed by atoms with Crippen LogP contribution < -0.4 is 0 Å². The molecular weight excluding hydrogens is 993 g/mol. The molecule has 5 saturated heterocycles. The van der Waals surface area contributed by atoms with Gasteiger partial charge in [0.2, 0.25) is 0 Å². The number of fused-ring (bicyclic) bond motifs is 7. The maximum atomic E-state index is 12.2. The van der Waals surface area contributed by atoms with Crippen molar-refractivity contribution in [3.8, 4) is 0 Å². The van der Waals surface area contributed by atoms with Crippen molar-refractivity contribution in [1.29, 1.82) is 0 Å². The van der Waals surface area contributed by atoms with Gasteiger partial charge in [-0.15, -0.1) is 0 Å². The third kappa shape index (κ3) is 10.8. The monoisotopic (exact) mass is 1080 g/mol. The Kier molecular flexibility index (Phi) is 18.1. The molecule has 9 rings (SSSR count). The Morgan fingerprint density at radius 1 is 0.560 bits per heavy atom. The molecule has 9 fully saturated rings. The van der Waals surface area contributed by atoms with Crippen LogP contribution in [0.15, 0.2) is 0 Å². The quantitative estimate of drug-likeness (QED) is 0.0690. The molecule has 0 bridgehead atoms. The van der Waals surface area contributed by atoms with Crippen molar-refractivity contribution in [3.05, 3.63) is 0 Å². The Labute approximate surface area is 437 Å². The van der Waals surface area contributed by atoms with E-state index in [4.69, 9.17) is 42.6 Å². The molecular formula is C52H88O23. The lowest BCUT2D eigenvalue weighted by atomic mass is 9.44. The first-order chi connectivity index (χ1) is 35.5. The van der Waals surface area contributed by atoms with Gasteiger partial charge in [0.05, 0.1) is 44.7 Å². The summed E-state index contributed by atoms with van der Waals surface area (Å²) in [7, 11) is 0. The number of aliphatic hydroxyl groups excluding tert-OH is 13. The first-order valence-electron chi connectivity index (χ1n) is 27.7. The van der Waals surface area contributed by atoms with Crippen LogP contribution in [0.3, 0.4) is 0 Å². The fraction of sp³-hybridized carbons (Fsp3) is 1.00. The number of ether oxygens (including phenoxy) is 9. The lowest BCUT2D eigenvalue weighted by Gasteiger charge is -2.61. The molecule has 0 aromatic carbocycles. The molecule has 0 aromatic heterocycles.